The van der Waals surface area contributed by atoms with E-state index in [0.717, 1.165) is 25.5 Å². The van der Waals surface area contributed by atoms with E-state index in [0.29, 0.717) is 6.20 Å². The first-order chi connectivity index (χ1) is 11.3. The number of rotatable bonds is 5. The Morgan fingerprint density at radius 1 is 1.42 bits per heavy atom. The highest BCUT2D eigenvalue weighted by molar-refractivity contribution is 6.32. The molecular weight excluding hydrogens is 416 g/mol. The van der Waals surface area contributed by atoms with Gasteiger partial charge < -0.3 is 16.0 Å². The van der Waals surface area contributed by atoms with Crippen LogP contribution in [-0.2, 0) is 11.0 Å². The Hall–Kier alpha value is -0.960. The van der Waals surface area contributed by atoms with Crippen LogP contribution >= 0.6 is 36.4 Å². The normalized spacial score (nSPS) is 19.7. The zero-order chi connectivity index (χ0) is 17.7. The van der Waals surface area contributed by atoms with E-state index in [4.69, 9.17) is 11.6 Å². The third kappa shape index (κ3) is 7.34. The summed E-state index contributed by atoms with van der Waals surface area (Å²) in [5.74, 6) is 0.0104. The van der Waals surface area contributed by atoms with Crippen molar-refractivity contribution in [1.29, 1.82) is 0 Å². The standard InChI is InChI=1S/C15H20ClF3N4O.2ClH/c1-9-12(3-2-5-20-9)23-13(24)4-6-21-14-11(16)7-10(8-22-14)15(17,18)19;;/h7-9,12,20H,2-6H2,1H3,(H,21,22)(H,23,24);2*1H. The van der Waals surface area contributed by atoms with Crippen molar-refractivity contribution in [3.8, 4) is 0 Å². The molecule has 2 rings (SSSR count). The average Bonchev–Trinajstić information content (AvgIpc) is 2.50. The molecular formula is C15H22Cl3F3N4O. The second kappa shape index (κ2) is 11.0. The second-order valence-electron chi connectivity index (χ2n) is 5.79. The van der Waals surface area contributed by atoms with E-state index in [1.807, 2.05) is 6.92 Å². The van der Waals surface area contributed by atoms with Gasteiger partial charge in [0.15, 0.2) is 0 Å². The first-order valence-corrected chi connectivity index (χ1v) is 8.14. The third-order valence-corrected chi connectivity index (χ3v) is 4.21. The molecule has 11 heteroatoms. The van der Waals surface area contributed by atoms with Gasteiger partial charge in [-0.15, -0.1) is 24.8 Å². The van der Waals surface area contributed by atoms with Gasteiger partial charge in [-0.1, -0.05) is 11.6 Å². The topological polar surface area (TPSA) is 66.0 Å². The van der Waals surface area contributed by atoms with Gasteiger partial charge in [0.25, 0.3) is 0 Å². The predicted octanol–water partition coefficient (Wildman–Crippen LogP) is 3.66. The summed E-state index contributed by atoms with van der Waals surface area (Å²) in [6.07, 6.45) is -1.65. The van der Waals surface area contributed by atoms with E-state index >= 15 is 0 Å². The Morgan fingerprint density at radius 2 is 2.12 bits per heavy atom. The first kappa shape index (κ1) is 25.0. The number of carbonyl (C=O) groups is 1. The molecule has 0 radical (unpaired) electrons. The molecule has 2 heterocycles. The van der Waals surface area contributed by atoms with Crippen LogP contribution in [0.15, 0.2) is 12.3 Å². The Kier molecular flexibility index (Phi) is 10.6. The molecule has 1 aromatic rings. The molecule has 0 aliphatic carbocycles. The summed E-state index contributed by atoms with van der Waals surface area (Å²) in [7, 11) is 0. The minimum absolute atomic E-state index is 0. The van der Waals surface area contributed by atoms with E-state index in [1.165, 1.54) is 0 Å². The number of nitrogens with zero attached hydrogens (tertiary/aromatic N) is 1. The summed E-state index contributed by atoms with van der Waals surface area (Å²) in [5.41, 5.74) is -0.908. The van der Waals surface area contributed by atoms with Crippen molar-refractivity contribution in [2.75, 3.05) is 18.4 Å². The third-order valence-electron chi connectivity index (χ3n) is 3.92. The van der Waals surface area contributed by atoms with Gasteiger partial charge in [0.2, 0.25) is 5.91 Å². The molecule has 1 aromatic heterocycles. The van der Waals surface area contributed by atoms with Crippen LogP contribution in [-0.4, -0.2) is 36.1 Å². The molecule has 1 aliphatic rings. The van der Waals surface area contributed by atoms with Crippen LogP contribution in [0, 0.1) is 0 Å². The van der Waals surface area contributed by atoms with Crippen molar-refractivity contribution < 1.29 is 18.0 Å². The lowest BCUT2D eigenvalue weighted by Gasteiger charge is -2.30. The van der Waals surface area contributed by atoms with Crippen molar-refractivity contribution in [1.82, 2.24) is 15.6 Å². The Bertz CT molecular complexity index is 590. The highest BCUT2D eigenvalue weighted by atomic mass is 35.5. The van der Waals surface area contributed by atoms with Gasteiger partial charge in [0, 0.05) is 31.2 Å². The molecule has 1 amide bonds. The largest absolute Gasteiger partial charge is 0.417 e. The number of pyridine rings is 1. The molecule has 2 unspecified atom stereocenters. The number of hydrogen-bond acceptors (Lipinski definition) is 4. The number of halogens is 6. The van der Waals surface area contributed by atoms with Gasteiger partial charge in [0.05, 0.1) is 10.6 Å². The van der Waals surface area contributed by atoms with E-state index in [2.05, 4.69) is 20.9 Å². The highest BCUT2D eigenvalue weighted by Crippen LogP contribution is 2.32. The van der Waals surface area contributed by atoms with Crippen molar-refractivity contribution in [3.63, 3.8) is 0 Å². The quantitative estimate of drug-likeness (QED) is 0.658. The second-order valence-corrected chi connectivity index (χ2v) is 6.20. The predicted molar refractivity (Wildman–Crippen MR) is 100 cm³/mol. The molecule has 0 spiro atoms. The number of anilines is 1. The lowest BCUT2D eigenvalue weighted by atomic mass is 10.00. The SMILES string of the molecule is CC1NCCCC1NC(=O)CCNc1ncc(C(F)(F)F)cc1Cl.Cl.Cl. The molecule has 3 N–H and O–H groups in total. The zero-order valence-corrected chi connectivity index (χ0v) is 16.4. The van der Waals surface area contributed by atoms with Gasteiger partial charge in [-0.25, -0.2) is 4.98 Å². The zero-order valence-electron chi connectivity index (χ0n) is 14.0. The van der Waals surface area contributed by atoms with Crippen molar-refractivity contribution in [2.45, 2.75) is 44.4 Å². The number of nitrogens with one attached hydrogen (secondary N) is 3. The van der Waals surface area contributed by atoms with Gasteiger partial charge in [-0.3, -0.25) is 4.79 Å². The van der Waals surface area contributed by atoms with Crippen LogP contribution in [0.5, 0.6) is 0 Å². The number of alkyl halides is 3. The number of piperidine rings is 1. The minimum atomic E-state index is -4.49. The van der Waals surface area contributed by atoms with Gasteiger partial charge in [-0.2, -0.15) is 13.2 Å². The smallest absolute Gasteiger partial charge is 0.368 e. The van der Waals surface area contributed by atoms with Gasteiger partial charge in [-0.05, 0) is 32.4 Å². The van der Waals surface area contributed by atoms with Crippen molar-refractivity contribution in [3.05, 3.63) is 22.8 Å². The maximum absolute atomic E-state index is 12.5. The molecule has 26 heavy (non-hydrogen) atoms. The monoisotopic (exact) mass is 436 g/mol. The number of amides is 1. The van der Waals surface area contributed by atoms with Crippen LogP contribution < -0.4 is 16.0 Å². The average molecular weight is 438 g/mol. The van der Waals surface area contributed by atoms with Gasteiger partial charge in [0.1, 0.15) is 5.82 Å². The summed E-state index contributed by atoms with van der Waals surface area (Å²) in [6, 6.07) is 1.13. The molecule has 1 fully saturated rings. The fraction of sp³-hybridized carbons (Fsp3) is 0.600. The molecule has 0 aromatic carbocycles. The molecule has 5 nitrogen and oxygen atoms in total. The van der Waals surface area contributed by atoms with E-state index in [-0.39, 0.29) is 66.6 Å². The van der Waals surface area contributed by atoms with E-state index in [1.54, 1.807) is 0 Å². The Labute approximate surface area is 167 Å². The molecule has 150 valence electrons. The van der Waals surface area contributed by atoms with E-state index in [9.17, 15) is 18.0 Å². The van der Waals surface area contributed by atoms with Crippen LogP contribution in [0.25, 0.3) is 0 Å². The van der Waals surface area contributed by atoms with Gasteiger partial charge >= 0.3 is 6.18 Å². The molecule has 0 saturated carbocycles. The Morgan fingerprint density at radius 3 is 2.69 bits per heavy atom. The summed E-state index contributed by atoms with van der Waals surface area (Å²) < 4.78 is 37.6. The summed E-state index contributed by atoms with van der Waals surface area (Å²) in [4.78, 5) is 15.6. The maximum atomic E-state index is 12.5. The fourth-order valence-corrected chi connectivity index (χ4v) is 2.77. The van der Waals surface area contributed by atoms with Crippen LogP contribution in [0.2, 0.25) is 5.02 Å². The summed E-state index contributed by atoms with van der Waals surface area (Å²) >= 11 is 5.79. The maximum Gasteiger partial charge on any atom is 0.417 e. The van der Waals surface area contributed by atoms with Crippen LogP contribution in [0.3, 0.4) is 0 Å². The molecule has 2 atom stereocenters. The fourth-order valence-electron chi connectivity index (χ4n) is 2.54. The minimum Gasteiger partial charge on any atom is -0.368 e. The van der Waals surface area contributed by atoms with Crippen LogP contribution in [0.4, 0.5) is 19.0 Å². The number of carbonyl (C=O) groups excluding carboxylic acids is 1. The highest BCUT2D eigenvalue weighted by Gasteiger charge is 2.31. The number of hydrogen-bond donors (Lipinski definition) is 3. The first-order valence-electron chi connectivity index (χ1n) is 7.76. The Balaban J connectivity index is 0.00000312. The summed E-state index contributed by atoms with van der Waals surface area (Å²) in [5, 5.41) is 8.90. The summed E-state index contributed by atoms with van der Waals surface area (Å²) in [6.45, 7) is 3.21. The number of aromatic nitrogens is 1. The van der Waals surface area contributed by atoms with Crippen LogP contribution in [0.1, 0.15) is 31.7 Å². The van der Waals surface area contributed by atoms with Crippen molar-refractivity contribution >= 4 is 48.1 Å². The molecule has 1 aliphatic heterocycles. The lowest BCUT2D eigenvalue weighted by Crippen LogP contribution is -2.52. The van der Waals surface area contributed by atoms with E-state index < -0.39 is 11.7 Å². The lowest BCUT2D eigenvalue weighted by molar-refractivity contribution is -0.137. The molecule has 1 saturated heterocycles. The molecule has 0 bridgehead atoms. The van der Waals surface area contributed by atoms with Crippen molar-refractivity contribution in [2.24, 2.45) is 0 Å².